The highest BCUT2D eigenvalue weighted by Crippen LogP contribution is 2.33. The van der Waals surface area contributed by atoms with Gasteiger partial charge in [0.25, 0.3) is 0 Å². The second-order valence-electron chi connectivity index (χ2n) is 7.80. The summed E-state index contributed by atoms with van der Waals surface area (Å²) in [4.78, 5) is 15.2. The van der Waals surface area contributed by atoms with Gasteiger partial charge in [0.15, 0.2) is 0 Å². The average molecular weight is 480 g/mol. The molecule has 4 aromatic rings. The maximum absolute atomic E-state index is 13.3. The zero-order chi connectivity index (χ0) is 24.4. The van der Waals surface area contributed by atoms with Gasteiger partial charge in [-0.15, -0.1) is 0 Å². The van der Waals surface area contributed by atoms with E-state index in [-0.39, 0.29) is 17.2 Å². The molecule has 1 aliphatic rings. The predicted octanol–water partition coefficient (Wildman–Crippen LogP) is 4.34. The molecule has 0 radical (unpaired) electrons. The third-order valence-electron chi connectivity index (χ3n) is 5.36. The molecule has 0 aliphatic carbocycles. The number of alkyl halides is 3. The highest BCUT2D eigenvalue weighted by atomic mass is 19.4. The highest BCUT2D eigenvalue weighted by molar-refractivity contribution is 5.67. The van der Waals surface area contributed by atoms with Crippen molar-refractivity contribution in [1.29, 1.82) is 5.26 Å². The highest BCUT2D eigenvalue weighted by Gasteiger charge is 2.31. The van der Waals surface area contributed by atoms with E-state index < -0.39 is 11.7 Å². The van der Waals surface area contributed by atoms with Crippen LogP contribution in [-0.4, -0.2) is 45.7 Å². The molecule has 5 rings (SSSR count). The monoisotopic (exact) mass is 480 g/mol. The molecule has 4 heterocycles. The molecule has 12 heteroatoms. The molecule has 1 aliphatic heterocycles. The van der Waals surface area contributed by atoms with E-state index in [9.17, 15) is 18.4 Å². The van der Waals surface area contributed by atoms with Gasteiger partial charge in [-0.25, -0.2) is 4.98 Å². The molecule has 2 N–H and O–H groups in total. The minimum atomic E-state index is -4.60. The van der Waals surface area contributed by atoms with E-state index in [0.717, 1.165) is 23.5 Å². The molecule has 178 valence electrons. The van der Waals surface area contributed by atoms with Crippen molar-refractivity contribution in [2.24, 2.45) is 0 Å². The van der Waals surface area contributed by atoms with Crippen molar-refractivity contribution < 1.29 is 17.9 Å². The number of pyridine rings is 1. The van der Waals surface area contributed by atoms with Gasteiger partial charge in [0.1, 0.15) is 17.3 Å². The number of nitriles is 1. The van der Waals surface area contributed by atoms with Crippen LogP contribution in [0.3, 0.4) is 0 Å². The first kappa shape index (κ1) is 22.4. The largest absolute Gasteiger partial charge is 0.416 e. The topological polar surface area (TPSA) is 103 Å². The summed E-state index contributed by atoms with van der Waals surface area (Å²) in [6, 6.07) is 10.3. The summed E-state index contributed by atoms with van der Waals surface area (Å²) in [7, 11) is 0. The van der Waals surface area contributed by atoms with Crippen molar-refractivity contribution in [1.82, 2.24) is 19.4 Å². The van der Waals surface area contributed by atoms with Crippen LogP contribution in [-0.2, 0) is 10.9 Å². The number of nitrogens with zero attached hydrogens (tertiary/aromatic N) is 6. The zero-order valence-corrected chi connectivity index (χ0v) is 18.3. The van der Waals surface area contributed by atoms with Gasteiger partial charge in [0, 0.05) is 55.2 Å². The number of halogens is 3. The zero-order valence-electron chi connectivity index (χ0n) is 18.3. The molecule has 3 aromatic heterocycles. The Labute approximate surface area is 197 Å². The van der Waals surface area contributed by atoms with Crippen LogP contribution in [0.5, 0.6) is 0 Å². The molecule has 1 saturated heterocycles. The van der Waals surface area contributed by atoms with Crippen molar-refractivity contribution in [3.63, 3.8) is 0 Å². The van der Waals surface area contributed by atoms with Crippen LogP contribution < -0.4 is 15.5 Å². The second-order valence-corrected chi connectivity index (χ2v) is 7.80. The van der Waals surface area contributed by atoms with Crippen molar-refractivity contribution in [3.8, 4) is 6.07 Å². The van der Waals surface area contributed by atoms with Gasteiger partial charge >= 0.3 is 6.18 Å². The van der Waals surface area contributed by atoms with E-state index in [1.54, 1.807) is 18.3 Å². The first-order chi connectivity index (χ1) is 16.9. The quantitative estimate of drug-likeness (QED) is 0.435. The Morgan fingerprint density at radius 3 is 2.57 bits per heavy atom. The molecule has 0 saturated carbocycles. The van der Waals surface area contributed by atoms with Gasteiger partial charge in [-0.2, -0.15) is 28.4 Å². The van der Waals surface area contributed by atoms with Gasteiger partial charge in [-0.1, -0.05) is 0 Å². The maximum Gasteiger partial charge on any atom is 0.416 e. The number of nitrogens with one attached hydrogen (secondary N) is 2. The normalized spacial score (nSPS) is 14.1. The van der Waals surface area contributed by atoms with Gasteiger partial charge in [0.2, 0.25) is 5.95 Å². The van der Waals surface area contributed by atoms with Gasteiger partial charge in [-0.3, -0.25) is 0 Å². The van der Waals surface area contributed by atoms with Crippen molar-refractivity contribution in [2.75, 3.05) is 41.8 Å². The van der Waals surface area contributed by atoms with E-state index in [4.69, 9.17) is 4.74 Å². The van der Waals surface area contributed by atoms with Crippen LogP contribution in [0.1, 0.15) is 11.1 Å². The Hall–Kier alpha value is -4.37. The third kappa shape index (κ3) is 5.10. The number of morpholine rings is 1. The lowest BCUT2D eigenvalue weighted by atomic mass is 10.1. The minimum absolute atomic E-state index is 0.0558. The van der Waals surface area contributed by atoms with Crippen molar-refractivity contribution in [3.05, 3.63) is 66.1 Å². The number of imidazole rings is 1. The summed E-state index contributed by atoms with van der Waals surface area (Å²) in [5, 5.41) is 15.2. The molecule has 35 heavy (non-hydrogen) atoms. The first-order valence-corrected chi connectivity index (χ1v) is 10.7. The molecular weight excluding hydrogens is 461 g/mol. The van der Waals surface area contributed by atoms with E-state index in [1.165, 1.54) is 6.07 Å². The number of hydrogen-bond donors (Lipinski definition) is 2. The van der Waals surface area contributed by atoms with Crippen molar-refractivity contribution in [2.45, 2.75) is 6.18 Å². The lowest BCUT2D eigenvalue weighted by molar-refractivity contribution is -0.137. The predicted molar refractivity (Wildman–Crippen MR) is 123 cm³/mol. The van der Waals surface area contributed by atoms with Gasteiger partial charge in [0.05, 0.1) is 30.4 Å². The van der Waals surface area contributed by atoms with Crippen LogP contribution in [0.2, 0.25) is 0 Å². The molecule has 9 nitrogen and oxygen atoms in total. The van der Waals surface area contributed by atoms with Crippen LogP contribution in [0.15, 0.2) is 55.0 Å². The molecule has 1 fully saturated rings. The fraction of sp³-hybridized carbons (Fsp3) is 0.217. The molecule has 0 amide bonds. The fourth-order valence-electron chi connectivity index (χ4n) is 3.70. The summed E-state index contributed by atoms with van der Waals surface area (Å²) in [5.74, 6) is 1.11. The third-order valence-corrected chi connectivity index (χ3v) is 5.36. The van der Waals surface area contributed by atoms with Crippen LogP contribution in [0.4, 0.5) is 42.1 Å². The SMILES string of the molecule is N#Cc1cc(Nc2nc(Nc3ccn4ccnc4c3)cc(N3CCOCC3)n2)cc(C(F)(F)F)c1. The Morgan fingerprint density at radius 1 is 0.971 bits per heavy atom. The fourth-order valence-corrected chi connectivity index (χ4v) is 3.70. The van der Waals surface area contributed by atoms with Gasteiger partial charge < -0.3 is 24.7 Å². The molecule has 0 atom stereocenters. The molecule has 0 spiro atoms. The Kier molecular flexibility index (Phi) is 5.84. The molecule has 0 unspecified atom stereocenters. The van der Waals surface area contributed by atoms with E-state index >= 15 is 0 Å². The number of aromatic nitrogens is 4. The number of fused-ring (bicyclic) bond motifs is 1. The lowest BCUT2D eigenvalue weighted by Gasteiger charge is -2.28. The molecule has 1 aromatic carbocycles. The van der Waals surface area contributed by atoms with Crippen LogP contribution in [0, 0.1) is 11.3 Å². The average Bonchev–Trinajstić information content (AvgIpc) is 3.31. The minimum Gasteiger partial charge on any atom is -0.378 e. The van der Waals surface area contributed by atoms with E-state index in [0.29, 0.717) is 37.9 Å². The number of rotatable bonds is 5. The second kappa shape index (κ2) is 9.11. The number of ether oxygens (including phenoxy) is 1. The smallest absolute Gasteiger partial charge is 0.378 e. The summed E-state index contributed by atoms with van der Waals surface area (Å²) in [5.41, 5.74) is 0.462. The summed E-state index contributed by atoms with van der Waals surface area (Å²) in [6.07, 6.45) is 0.762. The van der Waals surface area contributed by atoms with Crippen LogP contribution >= 0.6 is 0 Å². The van der Waals surface area contributed by atoms with Gasteiger partial charge in [-0.05, 0) is 24.3 Å². The Morgan fingerprint density at radius 2 is 1.80 bits per heavy atom. The summed E-state index contributed by atoms with van der Waals surface area (Å²) >= 11 is 0. The Balaban J connectivity index is 1.50. The molecule has 0 bridgehead atoms. The lowest BCUT2D eigenvalue weighted by Crippen LogP contribution is -2.36. The van der Waals surface area contributed by atoms with E-state index in [1.807, 2.05) is 33.8 Å². The standard InChI is InChI=1S/C23H19F3N8O/c24-23(25,26)16-9-15(14-27)10-18(11-16)30-22-31-19(13-21(32-22)34-5-7-35-8-6-34)29-17-1-3-33-4-2-28-20(33)12-17/h1-4,9-13H,5-8H2,(H2,29,30,31,32). The first-order valence-electron chi connectivity index (χ1n) is 10.7. The summed E-state index contributed by atoms with van der Waals surface area (Å²) in [6.45, 7) is 2.28. The van der Waals surface area contributed by atoms with Crippen molar-refractivity contribution >= 4 is 34.6 Å². The number of benzene rings is 1. The van der Waals surface area contributed by atoms with Crippen LogP contribution in [0.25, 0.3) is 5.65 Å². The number of anilines is 5. The maximum atomic E-state index is 13.3. The van der Waals surface area contributed by atoms with E-state index in [2.05, 4.69) is 25.6 Å². The number of hydrogen-bond acceptors (Lipinski definition) is 8. The summed E-state index contributed by atoms with van der Waals surface area (Å²) < 4.78 is 47.2. The molecular formula is C23H19F3N8O. The Bertz CT molecular complexity index is 1410.